The van der Waals surface area contributed by atoms with E-state index in [1.807, 2.05) is 0 Å². The van der Waals surface area contributed by atoms with E-state index in [2.05, 4.69) is 4.18 Å². The van der Waals surface area contributed by atoms with Crippen LogP contribution >= 0.6 is 0 Å². The zero-order chi connectivity index (χ0) is 20.6. The topological polar surface area (TPSA) is 175 Å². The van der Waals surface area contributed by atoms with Gasteiger partial charge < -0.3 is 0 Å². The summed E-state index contributed by atoms with van der Waals surface area (Å²) in [7, 11) is -18.3. The van der Waals surface area contributed by atoms with Crippen molar-refractivity contribution in [2.45, 2.75) is 15.7 Å². The van der Waals surface area contributed by atoms with E-state index in [1.165, 1.54) is 18.2 Å². The summed E-state index contributed by atoms with van der Waals surface area (Å²) in [6, 6.07) is 6.35. The summed E-state index contributed by atoms with van der Waals surface area (Å²) in [5.41, 5.74) is 0. The minimum absolute atomic E-state index is 0.226. The van der Waals surface area contributed by atoms with Crippen molar-refractivity contribution in [2.24, 2.45) is 5.84 Å². The Labute approximate surface area is 152 Å². The molecule has 0 aliphatic rings. The highest BCUT2D eigenvalue weighted by Crippen LogP contribution is 2.24. The fourth-order valence-corrected chi connectivity index (χ4v) is 7.83. The summed E-state index contributed by atoms with van der Waals surface area (Å²) in [5.74, 6) is 5.46. The van der Waals surface area contributed by atoms with Crippen molar-refractivity contribution in [1.82, 2.24) is 4.41 Å². The number of hydrogen-bond donors (Lipinski definition) is 1. The molecule has 0 saturated heterocycles. The molecule has 0 fully saturated rings. The predicted molar refractivity (Wildman–Crippen MR) is 92.8 cm³/mol. The van der Waals surface area contributed by atoms with Gasteiger partial charge in [0.25, 0.3) is 20.1 Å². The number of hydrazine groups is 1. The third kappa shape index (κ3) is 5.70. The van der Waals surface area contributed by atoms with Crippen molar-refractivity contribution < 1.29 is 37.9 Å². The number of nitrogens with zero attached hydrogens (tertiary/aromatic N) is 1. The Hall–Kier alpha value is -1.10. The second-order valence-electron chi connectivity index (χ2n) is 5.37. The van der Waals surface area contributed by atoms with Crippen LogP contribution in [0.25, 0.3) is 0 Å². The number of sulfonamides is 1. The molecule has 0 amide bonds. The molecule has 0 bridgehead atoms. The third-order valence-corrected chi connectivity index (χ3v) is 9.35. The molecular weight excluding hydrogens is 432 g/mol. The van der Waals surface area contributed by atoms with Crippen molar-refractivity contribution in [3.63, 3.8) is 0 Å². The molecule has 0 heterocycles. The lowest BCUT2D eigenvalue weighted by molar-refractivity contribution is 0.107. The minimum Gasteiger partial charge on any atom is -0.252 e. The van der Waals surface area contributed by atoms with Gasteiger partial charge in [-0.2, -0.15) is 8.42 Å². The molecule has 0 radical (unpaired) electrons. The Morgan fingerprint density at radius 3 is 1.62 bits per heavy atom. The predicted octanol–water partition coefficient (Wildman–Crippen LogP) is -1.73. The molecule has 26 heavy (non-hydrogen) atoms. The summed E-state index contributed by atoms with van der Waals surface area (Å²) < 4.78 is 97.5. The standard InChI is InChI=1S/C11H18N2O9S4/c1-23(14,15)11(24(2,16)17)10(22-25(3,18)19)13(12)26(20,21)9-7-5-4-6-8-9/h4-8,10-11H,12H2,1-3H3. The molecule has 0 aromatic heterocycles. The van der Waals surface area contributed by atoms with Gasteiger partial charge in [-0.3, -0.25) is 5.84 Å². The van der Waals surface area contributed by atoms with Crippen molar-refractivity contribution in [1.29, 1.82) is 0 Å². The Morgan fingerprint density at radius 2 is 1.27 bits per heavy atom. The zero-order valence-electron chi connectivity index (χ0n) is 13.9. The number of sulfone groups is 2. The first-order valence-corrected chi connectivity index (χ1v) is 13.7. The average molecular weight is 451 g/mol. The van der Waals surface area contributed by atoms with Gasteiger partial charge in [-0.25, -0.2) is 29.4 Å². The number of benzene rings is 1. The zero-order valence-corrected chi connectivity index (χ0v) is 17.1. The minimum atomic E-state index is -4.68. The lowest BCUT2D eigenvalue weighted by atomic mass is 10.4. The SMILES string of the molecule is CS(=O)(=O)OC(C(S(C)(=O)=O)S(C)(=O)=O)N(N)S(=O)(=O)c1ccccc1. The largest absolute Gasteiger partial charge is 0.266 e. The summed E-state index contributed by atoms with van der Waals surface area (Å²) in [4.78, 5) is -0.426. The third-order valence-electron chi connectivity index (χ3n) is 2.92. The maximum absolute atomic E-state index is 12.6. The average Bonchev–Trinajstić information content (AvgIpc) is 2.42. The van der Waals surface area contributed by atoms with Crippen LogP contribution in [0.5, 0.6) is 0 Å². The van der Waals surface area contributed by atoms with Crippen LogP contribution in [-0.2, 0) is 44.0 Å². The summed E-state index contributed by atoms with van der Waals surface area (Å²) in [5, 5.41) is 0. The fraction of sp³-hybridized carbons (Fsp3) is 0.455. The first kappa shape index (κ1) is 22.9. The summed E-state index contributed by atoms with van der Waals surface area (Å²) >= 11 is 0. The van der Waals surface area contributed by atoms with E-state index in [0.29, 0.717) is 18.8 Å². The smallest absolute Gasteiger partial charge is 0.252 e. The molecule has 11 nitrogen and oxygen atoms in total. The van der Waals surface area contributed by atoms with E-state index in [9.17, 15) is 33.7 Å². The summed E-state index contributed by atoms with van der Waals surface area (Å²) in [6.45, 7) is 0. The Morgan fingerprint density at radius 1 is 0.846 bits per heavy atom. The van der Waals surface area contributed by atoms with E-state index in [-0.39, 0.29) is 4.41 Å². The Balaban J connectivity index is 3.66. The van der Waals surface area contributed by atoms with Crippen LogP contribution in [-0.4, -0.2) is 67.7 Å². The molecule has 0 saturated carbocycles. The maximum Gasteiger partial charge on any atom is 0.266 e. The van der Waals surface area contributed by atoms with Crippen LogP contribution in [0.1, 0.15) is 0 Å². The molecule has 150 valence electrons. The van der Waals surface area contributed by atoms with Crippen LogP contribution in [0.2, 0.25) is 0 Å². The van der Waals surface area contributed by atoms with Crippen LogP contribution in [0.4, 0.5) is 0 Å². The van der Waals surface area contributed by atoms with E-state index in [0.717, 1.165) is 12.1 Å². The van der Waals surface area contributed by atoms with Gasteiger partial charge in [0.1, 0.15) is 0 Å². The van der Waals surface area contributed by atoms with E-state index in [4.69, 9.17) is 5.84 Å². The first-order valence-electron chi connectivity index (χ1n) is 6.58. The van der Waals surface area contributed by atoms with E-state index in [1.54, 1.807) is 0 Å². The van der Waals surface area contributed by atoms with Gasteiger partial charge in [0.2, 0.25) is 4.58 Å². The van der Waals surface area contributed by atoms with Crippen molar-refractivity contribution >= 4 is 39.8 Å². The first-order chi connectivity index (χ1) is 11.5. The van der Waals surface area contributed by atoms with Crippen molar-refractivity contribution in [2.75, 3.05) is 18.8 Å². The lowest BCUT2D eigenvalue weighted by Crippen LogP contribution is -2.57. The Bertz CT molecular complexity index is 1030. The van der Waals surface area contributed by atoms with Gasteiger partial charge in [0, 0.05) is 12.5 Å². The second kappa shape index (κ2) is 7.49. The van der Waals surface area contributed by atoms with Crippen LogP contribution in [0, 0.1) is 0 Å². The highest BCUT2D eigenvalue weighted by atomic mass is 32.3. The molecule has 1 aromatic rings. The molecule has 1 atom stereocenters. The second-order valence-corrected chi connectivity index (χ2v) is 13.4. The fourth-order valence-electron chi connectivity index (χ4n) is 1.98. The van der Waals surface area contributed by atoms with Crippen molar-refractivity contribution in [3.8, 4) is 0 Å². The van der Waals surface area contributed by atoms with Gasteiger partial charge in [0.15, 0.2) is 25.9 Å². The molecule has 1 aromatic carbocycles. The van der Waals surface area contributed by atoms with Crippen molar-refractivity contribution in [3.05, 3.63) is 30.3 Å². The maximum atomic E-state index is 12.6. The molecule has 0 spiro atoms. The van der Waals surface area contributed by atoms with Crippen LogP contribution in [0.15, 0.2) is 35.2 Å². The lowest BCUT2D eigenvalue weighted by Gasteiger charge is -2.30. The van der Waals surface area contributed by atoms with Gasteiger partial charge in [0.05, 0.1) is 11.2 Å². The highest BCUT2D eigenvalue weighted by molar-refractivity contribution is 8.08. The number of rotatable bonds is 8. The van der Waals surface area contributed by atoms with Gasteiger partial charge in [-0.1, -0.05) is 18.2 Å². The molecular formula is C11H18N2O9S4. The molecule has 2 N–H and O–H groups in total. The normalized spacial score (nSPS) is 15.3. The van der Waals surface area contributed by atoms with Crippen LogP contribution < -0.4 is 5.84 Å². The molecule has 15 heteroatoms. The number of hydrogen-bond acceptors (Lipinski definition) is 10. The molecule has 1 unspecified atom stereocenters. The van der Waals surface area contributed by atoms with E-state index < -0.39 is 55.5 Å². The molecule has 1 rings (SSSR count). The van der Waals surface area contributed by atoms with Gasteiger partial charge >= 0.3 is 0 Å². The highest BCUT2D eigenvalue weighted by Gasteiger charge is 2.48. The van der Waals surface area contributed by atoms with Gasteiger partial charge in [-0.15, -0.1) is 4.41 Å². The Kier molecular flexibility index (Phi) is 6.61. The summed E-state index contributed by atoms with van der Waals surface area (Å²) in [6.07, 6.45) is -1.11. The van der Waals surface area contributed by atoms with E-state index >= 15 is 0 Å². The monoisotopic (exact) mass is 450 g/mol. The quantitative estimate of drug-likeness (QED) is 0.207. The van der Waals surface area contributed by atoms with Gasteiger partial charge in [-0.05, 0) is 12.1 Å². The number of nitrogens with two attached hydrogens (primary N) is 1. The van der Waals surface area contributed by atoms with Crippen LogP contribution in [0.3, 0.4) is 0 Å². The molecule has 0 aliphatic heterocycles. The molecule has 0 aliphatic carbocycles.